The van der Waals surface area contributed by atoms with E-state index in [1.165, 1.54) is 6.42 Å². The lowest BCUT2D eigenvalue weighted by molar-refractivity contribution is -0.130. The molecule has 3 rings (SSSR count). The highest BCUT2D eigenvalue weighted by molar-refractivity contribution is 9.10. The van der Waals surface area contributed by atoms with Crippen LogP contribution in [-0.4, -0.2) is 55.2 Å². The van der Waals surface area contributed by atoms with Crippen LogP contribution in [-0.2, 0) is 16.1 Å². The van der Waals surface area contributed by atoms with Crippen molar-refractivity contribution >= 4 is 27.8 Å². The Morgan fingerprint density at radius 3 is 2.85 bits per heavy atom. The van der Waals surface area contributed by atoms with Crippen LogP contribution in [0.2, 0.25) is 0 Å². The molecule has 2 heterocycles. The summed E-state index contributed by atoms with van der Waals surface area (Å²) in [6, 6.07) is 8.30. The second kappa shape index (κ2) is 9.55. The summed E-state index contributed by atoms with van der Waals surface area (Å²) in [5.41, 5.74) is 1.10. The van der Waals surface area contributed by atoms with Gasteiger partial charge in [-0.25, -0.2) is 0 Å². The van der Waals surface area contributed by atoms with Crippen molar-refractivity contribution in [2.45, 2.75) is 57.4 Å². The molecule has 1 aromatic carbocycles. The van der Waals surface area contributed by atoms with Gasteiger partial charge in [0.25, 0.3) is 0 Å². The van der Waals surface area contributed by atoms with Gasteiger partial charge in [-0.15, -0.1) is 0 Å². The van der Waals surface area contributed by atoms with Crippen molar-refractivity contribution in [2.75, 3.05) is 20.1 Å². The number of benzene rings is 1. The highest BCUT2D eigenvalue weighted by Gasteiger charge is 2.41. The second-order valence-electron chi connectivity index (χ2n) is 7.21. The molecule has 2 fully saturated rings. The highest BCUT2D eigenvalue weighted by Crippen LogP contribution is 2.34. The van der Waals surface area contributed by atoms with Gasteiger partial charge in [0, 0.05) is 31.0 Å². The molecule has 7 heteroatoms. The van der Waals surface area contributed by atoms with E-state index in [-0.39, 0.29) is 5.91 Å². The van der Waals surface area contributed by atoms with Crippen LogP contribution < -0.4 is 10.6 Å². The Hall–Kier alpha value is -1.60. The van der Waals surface area contributed by atoms with Gasteiger partial charge in [-0.05, 0) is 37.8 Å². The minimum absolute atomic E-state index is 0.0913. The highest BCUT2D eigenvalue weighted by atomic mass is 79.9. The molecule has 6 nitrogen and oxygen atoms in total. The van der Waals surface area contributed by atoms with Crippen molar-refractivity contribution in [1.29, 1.82) is 0 Å². The first-order valence-corrected chi connectivity index (χ1v) is 10.5. The second-order valence-corrected chi connectivity index (χ2v) is 8.07. The smallest absolute Gasteiger partial charge is 0.224 e. The van der Waals surface area contributed by atoms with Crippen molar-refractivity contribution < 1.29 is 9.53 Å². The number of rotatable bonds is 7. The Balaban J connectivity index is 1.47. The van der Waals surface area contributed by atoms with Crippen LogP contribution in [0.1, 0.15) is 38.2 Å². The Labute approximate surface area is 169 Å². The summed E-state index contributed by atoms with van der Waals surface area (Å²) in [4.78, 5) is 18.8. The number of amides is 1. The van der Waals surface area contributed by atoms with Gasteiger partial charge < -0.3 is 20.3 Å². The predicted octanol–water partition coefficient (Wildman–Crippen LogP) is 2.67. The Morgan fingerprint density at radius 2 is 2.19 bits per heavy atom. The zero-order chi connectivity index (χ0) is 19.2. The molecule has 3 atom stereocenters. The monoisotopic (exact) mass is 436 g/mol. The largest absolute Gasteiger partial charge is 0.373 e. The van der Waals surface area contributed by atoms with E-state index < -0.39 is 0 Å². The molecule has 0 aliphatic carbocycles. The third-order valence-corrected chi connectivity index (χ3v) is 5.93. The van der Waals surface area contributed by atoms with E-state index in [0.717, 1.165) is 35.4 Å². The van der Waals surface area contributed by atoms with Gasteiger partial charge >= 0.3 is 0 Å². The molecular formula is C20H29BrN4O2. The van der Waals surface area contributed by atoms with Crippen LogP contribution in [0.3, 0.4) is 0 Å². The molecule has 2 saturated heterocycles. The summed E-state index contributed by atoms with van der Waals surface area (Å²) in [5, 5.41) is 6.75. The number of halogens is 1. The molecule has 148 valence electrons. The van der Waals surface area contributed by atoms with E-state index in [0.29, 0.717) is 37.8 Å². The molecule has 2 N–H and O–H groups in total. The molecule has 3 unspecified atom stereocenters. The maximum absolute atomic E-state index is 12.4. The first kappa shape index (κ1) is 20.1. The van der Waals surface area contributed by atoms with Gasteiger partial charge in [-0.3, -0.25) is 9.79 Å². The topological polar surface area (TPSA) is 66.0 Å². The molecule has 2 aliphatic rings. The molecule has 2 aliphatic heterocycles. The first-order valence-electron chi connectivity index (χ1n) is 9.74. The number of nitrogens with one attached hydrogen (secondary N) is 2. The number of ether oxygens (including phenoxy) is 1. The Bertz CT molecular complexity index is 682. The number of guanidine groups is 1. The fourth-order valence-electron chi connectivity index (χ4n) is 3.71. The molecule has 0 saturated carbocycles. The molecule has 0 aromatic heterocycles. The lowest BCUT2D eigenvalue weighted by Crippen LogP contribution is -2.47. The summed E-state index contributed by atoms with van der Waals surface area (Å²) in [7, 11) is 1.83. The molecule has 27 heavy (non-hydrogen) atoms. The van der Waals surface area contributed by atoms with Crippen LogP contribution >= 0.6 is 15.9 Å². The van der Waals surface area contributed by atoms with Gasteiger partial charge in [-0.2, -0.15) is 0 Å². The SMILES string of the molecule is CCNC(=NCCC(=O)N(C)Cc1ccccc1Br)NC1CC2CCC1O2. The maximum Gasteiger partial charge on any atom is 0.224 e. The molecule has 0 radical (unpaired) electrons. The lowest BCUT2D eigenvalue weighted by Gasteiger charge is -2.22. The van der Waals surface area contributed by atoms with Gasteiger partial charge in [0.1, 0.15) is 0 Å². The van der Waals surface area contributed by atoms with E-state index in [1.54, 1.807) is 4.90 Å². The lowest BCUT2D eigenvalue weighted by atomic mass is 9.96. The fourth-order valence-corrected chi connectivity index (χ4v) is 4.12. The van der Waals surface area contributed by atoms with E-state index in [9.17, 15) is 4.79 Å². The summed E-state index contributed by atoms with van der Waals surface area (Å²) < 4.78 is 6.92. The van der Waals surface area contributed by atoms with E-state index >= 15 is 0 Å². The molecule has 1 amide bonds. The number of hydrogen-bond acceptors (Lipinski definition) is 3. The Morgan fingerprint density at radius 1 is 1.37 bits per heavy atom. The van der Waals surface area contributed by atoms with Gasteiger partial charge in [0.05, 0.1) is 24.8 Å². The fraction of sp³-hybridized carbons (Fsp3) is 0.600. The van der Waals surface area contributed by atoms with E-state index in [4.69, 9.17) is 4.74 Å². The molecular weight excluding hydrogens is 408 g/mol. The molecule has 2 bridgehead atoms. The van der Waals surface area contributed by atoms with E-state index in [1.807, 2.05) is 38.2 Å². The third kappa shape index (κ3) is 5.45. The van der Waals surface area contributed by atoms with Crippen molar-refractivity contribution in [3.8, 4) is 0 Å². The van der Waals surface area contributed by atoms with Crippen molar-refractivity contribution in [3.63, 3.8) is 0 Å². The standard InChI is InChI=1S/C20H29BrN4O2/c1-3-22-20(24-17-12-15-8-9-18(17)27-15)23-11-10-19(26)25(2)13-14-6-4-5-7-16(14)21/h4-7,15,17-18H,3,8-13H2,1-2H3,(H2,22,23,24). The van der Waals surface area contributed by atoms with Crippen LogP contribution in [0.4, 0.5) is 0 Å². The third-order valence-electron chi connectivity index (χ3n) is 5.16. The van der Waals surface area contributed by atoms with Gasteiger partial charge in [0.2, 0.25) is 5.91 Å². The van der Waals surface area contributed by atoms with Gasteiger partial charge in [0.15, 0.2) is 5.96 Å². The van der Waals surface area contributed by atoms with Crippen LogP contribution in [0, 0.1) is 0 Å². The summed E-state index contributed by atoms with van der Waals surface area (Å²) in [6.07, 6.45) is 4.45. The molecule has 1 aromatic rings. The Kier molecular flexibility index (Phi) is 7.13. The van der Waals surface area contributed by atoms with Crippen LogP contribution in [0.15, 0.2) is 33.7 Å². The van der Waals surface area contributed by atoms with Crippen LogP contribution in [0.25, 0.3) is 0 Å². The summed E-state index contributed by atoms with van der Waals surface area (Å²) >= 11 is 3.53. The quantitative estimate of drug-likeness (QED) is 0.509. The number of carbonyl (C=O) groups excluding carboxylic acids is 1. The summed E-state index contributed by atoms with van der Waals surface area (Å²) in [6.45, 7) is 3.90. The van der Waals surface area contributed by atoms with Crippen molar-refractivity contribution in [1.82, 2.24) is 15.5 Å². The number of hydrogen-bond donors (Lipinski definition) is 2. The number of aliphatic imine (C=N–C) groups is 1. The first-order chi connectivity index (χ1) is 13.1. The number of carbonyl (C=O) groups is 1. The summed E-state index contributed by atoms with van der Waals surface area (Å²) in [5.74, 6) is 0.869. The maximum atomic E-state index is 12.4. The van der Waals surface area contributed by atoms with Crippen LogP contribution in [0.5, 0.6) is 0 Å². The normalized spacial score (nSPS) is 24.1. The van der Waals surface area contributed by atoms with Crippen molar-refractivity contribution in [3.05, 3.63) is 34.3 Å². The number of nitrogens with zero attached hydrogens (tertiary/aromatic N) is 2. The average Bonchev–Trinajstić information content (AvgIpc) is 3.26. The molecule has 0 spiro atoms. The van der Waals surface area contributed by atoms with Crippen molar-refractivity contribution in [2.24, 2.45) is 4.99 Å². The zero-order valence-corrected chi connectivity index (χ0v) is 17.7. The van der Waals surface area contributed by atoms with Gasteiger partial charge in [-0.1, -0.05) is 34.1 Å². The minimum atomic E-state index is 0.0913. The zero-order valence-electron chi connectivity index (χ0n) is 16.1. The predicted molar refractivity (Wildman–Crippen MR) is 111 cm³/mol. The number of fused-ring (bicyclic) bond motifs is 2. The average molecular weight is 437 g/mol. The minimum Gasteiger partial charge on any atom is -0.373 e. The van der Waals surface area contributed by atoms with E-state index in [2.05, 4.69) is 31.6 Å².